The van der Waals surface area contributed by atoms with Gasteiger partial charge in [-0.1, -0.05) is 29.4 Å². The van der Waals surface area contributed by atoms with E-state index < -0.39 is 5.82 Å². The van der Waals surface area contributed by atoms with Crippen molar-refractivity contribution >= 4 is 50.8 Å². The molecule has 3 rings (SSSR count). The van der Waals surface area contributed by atoms with Crippen LogP contribution in [-0.2, 0) is 17.9 Å². The quantitative estimate of drug-likeness (QED) is 0.496. The summed E-state index contributed by atoms with van der Waals surface area (Å²) in [4.78, 5) is 29.0. The first-order chi connectivity index (χ1) is 12.5. The summed E-state index contributed by atoms with van der Waals surface area (Å²) in [5.74, 6) is -0.584. The molecule has 5 nitrogen and oxygen atoms in total. The molecule has 1 aromatic carbocycles. The molecule has 0 saturated heterocycles. The van der Waals surface area contributed by atoms with E-state index in [1.165, 1.54) is 35.2 Å². The zero-order valence-corrected chi connectivity index (χ0v) is 16.2. The number of fused-ring (bicyclic) bond motifs is 1. The van der Waals surface area contributed by atoms with Crippen molar-refractivity contribution in [2.24, 2.45) is 0 Å². The number of thioether (sulfide) groups is 1. The average Bonchev–Trinajstić information content (AvgIpc) is 3.10. The largest absolute Gasteiger partial charge is 0.351 e. The van der Waals surface area contributed by atoms with Crippen molar-refractivity contribution in [3.05, 3.63) is 56.4 Å². The third-order valence-electron chi connectivity index (χ3n) is 3.65. The Morgan fingerprint density at radius 3 is 2.96 bits per heavy atom. The van der Waals surface area contributed by atoms with Gasteiger partial charge >= 0.3 is 0 Å². The molecule has 0 bridgehead atoms. The monoisotopic (exact) mass is 411 g/mol. The third-order valence-corrected chi connectivity index (χ3v) is 5.81. The second-order valence-electron chi connectivity index (χ2n) is 5.39. The molecular weight excluding hydrogens is 397 g/mol. The number of aromatic nitrogens is 2. The van der Waals surface area contributed by atoms with Crippen molar-refractivity contribution in [3.8, 4) is 0 Å². The molecule has 26 heavy (non-hydrogen) atoms. The molecule has 0 unspecified atom stereocenters. The van der Waals surface area contributed by atoms with Gasteiger partial charge in [-0.2, -0.15) is 0 Å². The van der Waals surface area contributed by atoms with E-state index in [4.69, 9.17) is 11.6 Å². The Kier molecular flexibility index (Phi) is 5.95. The van der Waals surface area contributed by atoms with E-state index in [-0.39, 0.29) is 28.8 Å². The number of carbonyl (C=O) groups excluding carboxylic acids is 1. The molecule has 0 aliphatic heterocycles. The van der Waals surface area contributed by atoms with Crippen LogP contribution in [0.1, 0.15) is 12.5 Å². The van der Waals surface area contributed by atoms with Crippen molar-refractivity contribution in [2.45, 2.75) is 25.2 Å². The van der Waals surface area contributed by atoms with E-state index in [0.29, 0.717) is 27.5 Å². The Labute approximate surface area is 162 Å². The molecule has 3 aromatic rings. The lowest BCUT2D eigenvalue weighted by Crippen LogP contribution is -2.26. The zero-order chi connectivity index (χ0) is 18.7. The van der Waals surface area contributed by atoms with Crippen LogP contribution in [0.25, 0.3) is 10.2 Å². The van der Waals surface area contributed by atoms with Crippen molar-refractivity contribution < 1.29 is 9.18 Å². The number of benzene rings is 1. The molecule has 0 atom stereocenters. The van der Waals surface area contributed by atoms with E-state index in [0.717, 1.165) is 0 Å². The van der Waals surface area contributed by atoms with E-state index in [2.05, 4.69) is 10.3 Å². The van der Waals surface area contributed by atoms with E-state index in [1.807, 2.05) is 12.3 Å². The minimum atomic E-state index is -0.496. The summed E-state index contributed by atoms with van der Waals surface area (Å²) < 4.78 is 15.3. The number of nitrogens with one attached hydrogen (secondary N) is 1. The van der Waals surface area contributed by atoms with Crippen LogP contribution in [0.3, 0.4) is 0 Å². The van der Waals surface area contributed by atoms with Gasteiger partial charge in [0.2, 0.25) is 5.91 Å². The predicted molar refractivity (Wildman–Crippen MR) is 104 cm³/mol. The summed E-state index contributed by atoms with van der Waals surface area (Å²) in [6.45, 7) is 2.60. The number of thiophene rings is 1. The highest BCUT2D eigenvalue weighted by molar-refractivity contribution is 7.99. The molecule has 1 N–H and O–H groups in total. The highest BCUT2D eigenvalue weighted by Crippen LogP contribution is 2.21. The topological polar surface area (TPSA) is 64.0 Å². The molecule has 0 aliphatic carbocycles. The van der Waals surface area contributed by atoms with Gasteiger partial charge in [0.05, 0.1) is 16.3 Å². The number of carbonyl (C=O) groups is 1. The Bertz CT molecular complexity index is 1020. The van der Waals surface area contributed by atoms with Gasteiger partial charge < -0.3 is 5.32 Å². The molecule has 136 valence electrons. The maximum atomic E-state index is 13.1. The van der Waals surface area contributed by atoms with Gasteiger partial charge in [-0.15, -0.1) is 11.3 Å². The molecule has 0 fully saturated rings. The van der Waals surface area contributed by atoms with Crippen LogP contribution >= 0.6 is 34.7 Å². The molecule has 9 heteroatoms. The van der Waals surface area contributed by atoms with E-state index in [1.54, 1.807) is 16.7 Å². The Hall–Kier alpha value is -1.90. The molecule has 0 spiro atoms. The Balaban J connectivity index is 1.65. The summed E-state index contributed by atoms with van der Waals surface area (Å²) in [7, 11) is 0. The third kappa shape index (κ3) is 4.08. The van der Waals surface area contributed by atoms with Gasteiger partial charge in [0.25, 0.3) is 5.56 Å². The van der Waals surface area contributed by atoms with Gasteiger partial charge in [-0.05, 0) is 36.1 Å². The van der Waals surface area contributed by atoms with Gasteiger partial charge in [0.1, 0.15) is 10.5 Å². The van der Waals surface area contributed by atoms with Gasteiger partial charge in [0.15, 0.2) is 5.16 Å². The van der Waals surface area contributed by atoms with Crippen LogP contribution in [0.4, 0.5) is 4.39 Å². The van der Waals surface area contributed by atoms with Crippen LogP contribution < -0.4 is 10.9 Å². The SMILES string of the molecule is CCn1c(SCC(=O)NCc2ccc(F)c(Cl)c2)nc2ccsc2c1=O. The molecule has 1 amide bonds. The first kappa shape index (κ1) is 18.9. The normalized spacial score (nSPS) is 11.0. The van der Waals surface area contributed by atoms with Crippen LogP contribution in [0, 0.1) is 5.82 Å². The second-order valence-corrected chi connectivity index (χ2v) is 7.66. The van der Waals surface area contributed by atoms with Crippen LogP contribution in [0.5, 0.6) is 0 Å². The Morgan fingerprint density at radius 2 is 2.23 bits per heavy atom. The number of halogens is 2. The first-order valence-electron chi connectivity index (χ1n) is 7.81. The lowest BCUT2D eigenvalue weighted by atomic mass is 10.2. The lowest BCUT2D eigenvalue weighted by Gasteiger charge is -2.10. The average molecular weight is 412 g/mol. The number of hydrogen-bond donors (Lipinski definition) is 1. The summed E-state index contributed by atoms with van der Waals surface area (Å²) in [6.07, 6.45) is 0. The minimum absolute atomic E-state index is 0.0198. The van der Waals surface area contributed by atoms with Crippen LogP contribution in [0.2, 0.25) is 5.02 Å². The fraction of sp³-hybridized carbons (Fsp3) is 0.235. The van der Waals surface area contributed by atoms with Crippen molar-refractivity contribution in [1.29, 1.82) is 0 Å². The highest BCUT2D eigenvalue weighted by atomic mass is 35.5. The number of nitrogens with zero attached hydrogens (tertiary/aromatic N) is 2. The van der Waals surface area contributed by atoms with Crippen molar-refractivity contribution in [1.82, 2.24) is 14.9 Å². The van der Waals surface area contributed by atoms with Gasteiger partial charge in [-0.3, -0.25) is 14.2 Å². The molecule has 2 heterocycles. The lowest BCUT2D eigenvalue weighted by molar-refractivity contribution is -0.118. The first-order valence-corrected chi connectivity index (χ1v) is 10.1. The summed E-state index contributed by atoms with van der Waals surface area (Å²) in [6, 6.07) is 6.10. The predicted octanol–water partition coefficient (Wildman–Crippen LogP) is 3.68. The fourth-order valence-corrected chi connectivity index (χ4v) is 4.22. The smallest absolute Gasteiger partial charge is 0.272 e. The van der Waals surface area contributed by atoms with Crippen LogP contribution in [-0.4, -0.2) is 21.2 Å². The van der Waals surface area contributed by atoms with Crippen LogP contribution in [0.15, 0.2) is 39.6 Å². The standard InChI is InChI=1S/C17H15ClFN3O2S2/c1-2-22-16(24)15-13(5-6-25-15)21-17(22)26-9-14(23)20-8-10-3-4-12(19)11(18)7-10/h3-7H,2,8-9H2,1H3,(H,20,23). The maximum Gasteiger partial charge on any atom is 0.272 e. The Morgan fingerprint density at radius 1 is 1.42 bits per heavy atom. The highest BCUT2D eigenvalue weighted by Gasteiger charge is 2.13. The van der Waals surface area contributed by atoms with Crippen molar-refractivity contribution in [2.75, 3.05) is 5.75 Å². The molecular formula is C17H15ClFN3O2S2. The zero-order valence-electron chi connectivity index (χ0n) is 13.8. The number of amides is 1. The maximum absolute atomic E-state index is 13.1. The van der Waals surface area contributed by atoms with Crippen molar-refractivity contribution in [3.63, 3.8) is 0 Å². The molecule has 0 saturated carbocycles. The fourth-order valence-electron chi connectivity index (χ4n) is 2.34. The number of rotatable bonds is 6. The summed E-state index contributed by atoms with van der Waals surface area (Å²) >= 11 is 8.30. The minimum Gasteiger partial charge on any atom is -0.351 e. The van der Waals surface area contributed by atoms with E-state index in [9.17, 15) is 14.0 Å². The number of hydrogen-bond acceptors (Lipinski definition) is 5. The van der Waals surface area contributed by atoms with E-state index >= 15 is 0 Å². The van der Waals surface area contributed by atoms with Gasteiger partial charge in [-0.25, -0.2) is 9.37 Å². The summed E-state index contributed by atoms with van der Waals surface area (Å²) in [5.41, 5.74) is 1.27. The molecule has 2 aromatic heterocycles. The second kappa shape index (κ2) is 8.20. The molecule has 0 aliphatic rings. The molecule has 0 radical (unpaired) electrons. The summed E-state index contributed by atoms with van der Waals surface area (Å²) in [5, 5.41) is 5.11. The van der Waals surface area contributed by atoms with Gasteiger partial charge in [0, 0.05) is 13.1 Å².